The number of rotatable bonds is 10. The van der Waals surface area contributed by atoms with Gasteiger partial charge in [0.15, 0.2) is 11.5 Å². The van der Waals surface area contributed by atoms with Gasteiger partial charge in [-0.15, -0.1) is 0 Å². The first-order valence-corrected chi connectivity index (χ1v) is 11.4. The predicted molar refractivity (Wildman–Crippen MR) is 136 cm³/mol. The van der Waals surface area contributed by atoms with Crippen molar-refractivity contribution in [1.29, 1.82) is 0 Å². The van der Waals surface area contributed by atoms with E-state index in [9.17, 15) is 4.79 Å². The molecule has 0 aliphatic heterocycles. The molecular weight excluding hydrogens is 446 g/mol. The Morgan fingerprint density at radius 3 is 2.63 bits per heavy atom. The van der Waals surface area contributed by atoms with Gasteiger partial charge in [0.2, 0.25) is 0 Å². The Bertz CT molecular complexity index is 1330. The van der Waals surface area contributed by atoms with Crippen molar-refractivity contribution in [2.45, 2.75) is 19.8 Å². The summed E-state index contributed by atoms with van der Waals surface area (Å²) in [5, 5.41) is 3.31. The fourth-order valence-electron chi connectivity index (χ4n) is 3.86. The highest BCUT2D eigenvalue weighted by Crippen LogP contribution is 2.32. The summed E-state index contributed by atoms with van der Waals surface area (Å²) in [6.45, 7) is 2.67. The summed E-state index contributed by atoms with van der Waals surface area (Å²) in [5.74, 6) is 1.82. The number of esters is 1. The van der Waals surface area contributed by atoms with Gasteiger partial charge in [-0.3, -0.25) is 4.57 Å². The van der Waals surface area contributed by atoms with Crippen molar-refractivity contribution >= 4 is 28.5 Å². The average molecular weight is 476 g/mol. The smallest absolute Gasteiger partial charge is 0.341 e. The van der Waals surface area contributed by atoms with Gasteiger partial charge in [0.1, 0.15) is 23.5 Å². The van der Waals surface area contributed by atoms with Gasteiger partial charge >= 0.3 is 5.97 Å². The van der Waals surface area contributed by atoms with E-state index >= 15 is 0 Å². The Labute approximate surface area is 203 Å². The Kier molecular flexibility index (Phi) is 7.35. The maximum absolute atomic E-state index is 12.6. The summed E-state index contributed by atoms with van der Waals surface area (Å²) in [6.07, 6.45) is 3.36. The zero-order valence-corrected chi connectivity index (χ0v) is 20.1. The molecule has 0 aliphatic rings. The maximum atomic E-state index is 12.6. The second kappa shape index (κ2) is 10.8. The number of benzene rings is 2. The summed E-state index contributed by atoms with van der Waals surface area (Å²) in [5.41, 5.74) is 9.69. The lowest BCUT2D eigenvalue weighted by molar-refractivity contribution is 0.0527. The predicted octanol–water partition coefficient (Wildman–Crippen LogP) is 4.24. The molecule has 9 nitrogen and oxygen atoms in total. The van der Waals surface area contributed by atoms with Crippen LogP contribution in [0.3, 0.4) is 0 Å². The van der Waals surface area contributed by atoms with Crippen molar-refractivity contribution in [1.82, 2.24) is 14.5 Å². The minimum absolute atomic E-state index is 0.281. The molecule has 2 heterocycles. The number of carbonyl (C=O) groups is 1. The lowest BCUT2D eigenvalue weighted by atomic mass is 10.1. The molecule has 4 rings (SSSR count). The standard InChI is InChI=1S/C26H29N5O4/c1-4-35-26(32)19-10-11-24(30-25(19)28-12-6-8-17-7-5-9-18(27)13-17)31-16-29-20-14-22(33-2)23(34-3)15-21(20)31/h5,7,9-11,13-16H,4,6,8,12,27H2,1-3H3,(H,28,30). The lowest BCUT2D eigenvalue weighted by Crippen LogP contribution is -2.14. The normalized spacial score (nSPS) is 10.8. The minimum Gasteiger partial charge on any atom is -0.493 e. The van der Waals surface area contributed by atoms with Crippen molar-refractivity contribution < 1.29 is 19.0 Å². The molecule has 0 aliphatic carbocycles. The summed E-state index contributed by atoms with van der Waals surface area (Å²) < 4.78 is 17.9. The maximum Gasteiger partial charge on any atom is 0.341 e. The SMILES string of the molecule is CCOC(=O)c1ccc(-n2cnc3cc(OC)c(OC)cc32)nc1NCCCc1cccc(N)c1. The van der Waals surface area contributed by atoms with E-state index in [1.807, 2.05) is 41.0 Å². The second-order valence-corrected chi connectivity index (χ2v) is 7.87. The number of nitrogens with two attached hydrogens (primary N) is 1. The molecule has 3 N–H and O–H groups in total. The highest BCUT2D eigenvalue weighted by Gasteiger charge is 2.17. The Morgan fingerprint density at radius 1 is 1.09 bits per heavy atom. The summed E-state index contributed by atoms with van der Waals surface area (Å²) in [4.78, 5) is 21.8. The molecule has 0 atom stereocenters. The van der Waals surface area contributed by atoms with Crippen LogP contribution in [-0.2, 0) is 11.2 Å². The van der Waals surface area contributed by atoms with Gasteiger partial charge < -0.3 is 25.3 Å². The molecule has 35 heavy (non-hydrogen) atoms. The highest BCUT2D eigenvalue weighted by molar-refractivity contribution is 5.95. The van der Waals surface area contributed by atoms with Crippen LogP contribution in [0, 0.1) is 0 Å². The first-order chi connectivity index (χ1) is 17.0. The van der Waals surface area contributed by atoms with Crippen LogP contribution in [0.5, 0.6) is 11.5 Å². The molecule has 4 aromatic rings. The number of aryl methyl sites for hydroxylation is 1. The molecular formula is C26H29N5O4. The van der Waals surface area contributed by atoms with Crippen molar-refractivity contribution in [2.24, 2.45) is 0 Å². The minimum atomic E-state index is -0.424. The van der Waals surface area contributed by atoms with E-state index in [0.29, 0.717) is 35.2 Å². The molecule has 0 amide bonds. The van der Waals surface area contributed by atoms with E-state index in [4.69, 9.17) is 24.9 Å². The molecule has 0 saturated heterocycles. The average Bonchev–Trinajstić information content (AvgIpc) is 3.28. The van der Waals surface area contributed by atoms with Gasteiger partial charge in [-0.25, -0.2) is 14.8 Å². The van der Waals surface area contributed by atoms with Gasteiger partial charge in [-0.1, -0.05) is 12.1 Å². The third-order valence-corrected chi connectivity index (χ3v) is 5.56. The molecule has 0 fully saturated rings. The monoisotopic (exact) mass is 475 g/mol. The van der Waals surface area contributed by atoms with Gasteiger partial charge in [-0.05, 0) is 49.6 Å². The zero-order valence-electron chi connectivity index (χ0n) is 20.1. The van der Waals surface area contributed by atoms with Crippen molar-refractivity contribution in [2.75, 3.05) is 38.4 Å². The number of nitrogens with one attached hydrogen (secondary N) is 1. The van der Waals surface area contributed by atoms with Crippen molar-refractivity contribution in [3.05, 3.63) is 66.0 Å². The zero-order chi connectivity index (χ0) is 24.8. The van der Waals surface area contributed by atoms with Crippen LogP contribution < -0.4 is 20.5 Å². The molecule has 2 aromatic carbocycles. The van der Waals surface area contributed by atoms with E-state index in [-0.39, 0.29) is 6.61 Å². The topological polar surface area (TPSA) is 114 Å². The van der Waals surface area contributed by atoms with Crippen LogP contribution in [0.25, 0.3) is 16.9 Å². The molecule has 0 radical (unpaired) electrons. The van der Waals surface area contributed by atoms with Crippen LogP contribution in [0.15, 0.2) is 54.9 Å². The van der Waals surface area contributed by atoms with E-state index < -0.39 is 5.97 Å². The number of hydrogen-bond acceptors (Lipinski definition) is 8. The van der Waals surface area contributed by atoms with Crippen LogP contribution in [0.2, 0.25) is 0 Å². The third kappa shape index (κ3) is 5.29. The number of nitrogen functional groups attached to an aromatic ring is 1. The Morgan fingerprint density at radius 2 is 1.89 bits per heavy atom. The van der Waals surface area contributed by atoms with Gasteiger partial charge in [0.25, 0.3) is 0 Å². The number of ether oxygens (including phenoxy) is 3. The second-order valence-electron chi connectivity index (χ2n) is 7.87. The molecule has 182 valence electrons. The quantitative estimate of drug-likeness (QED) is 0.199. The van der Waals surface area contributed by atoms with E-state index in [1.54, 1.807) is 39.6 Å². The third-order valence-electron chi connectivity index (χ3n) is 5.56. The molecule has 0 bridgehead atoms. The molecule has 0 unspecified atom stereocenters. The fraction of sp³-hybridized carbons (Fsp3) is 0.269. The number of pyridine rings is 1. The summed E-state index contributed by atoms with van der Waals surface area (Å²) >= 11 is 0. The number of anilines is 2. The van der Waals surface area contributed by atoms with Crippen LogP contribution in [0.1, 0.15) is 29.3 Å². The molecule has 9 heteroatoms. The fourth-order valence-corrected chi connectivity index (χ4v) is 3.86. The van der Waals surface area contributed by atoms with Crippen LogP contribution in [-0.4, -0.2) is 47.9 Å². The van der Waals surface area contributed by atoms with E-state index in [0.717, 1.165) is 35.1 Å². The summed E-state index contributed by atoms with van der Waals surface area (Å²) in [7, 11) is 3.17. The molecule has 0 saturated carbocycles. The first kappa shape index (κ1) is 23.9. The number of aromatic nitrogens is 3. The molecule has 2 aromatic heterocycles. The number of carbonyl (C=O) groups excluding carboxylic acids is 1. The van der Waals surface area contributed by atoms with Gasteiger partial charge in [0, 0.05) is 24.4 Å². The van der Waals surface area contributed by atoms with E-state index in [1.165, 1.54) is 0 Å². The first-order valence-electron chi connectivity index (χ1n) is 11.4. The Balaban J connectivity index is 1.61. The number of methoxy groups -OCH3 is 2. The van der Waals surface area contributed by atoms with Gasteiger partial charge in [0.05, 0.1) is 31.9 Å². The van der Waals surface area contributed by atoms with Crippen molar-refractivity contribution in [3.8, 4) is 17.3 Å². The van der Waals surface area contributed by atoms with E-state index in [2.05, 4.69) is 10.3 Å². The molecule has 0 spiro atoms. The number of hydrogen-bond donors (Lipinski definition) is 2. The number of fused-ring (bicyclic) bond motifs is 1. The van der Waals surface area contributed by atoms with Gasteiger partial charge in [-0.2, -0.15) is 0 Å². The van der Waals surface area contributed by atoms with Crippen molar-refractivity contribution in [3.63, 3.8) is 0 Å². The van der Waals surface area contributed by atoms with Crippen LogP contribution in [0.4, 0.5) is 11.5 Å². The Hall–Kier alpha value is -4.27. The summed E-state index contributed by atoms with van der Waals surface area (Å²) in [6, 6.07) is 15.0. The van der Waals surface area contributed by atoms with Crippen LogP contribution >= 0.6 is 0 Å². The lowest BCUT2D eigenvalue weighted by Gasteiger charge is -2.13. The number of imidazole rings is 1. The number of nitrogens with zero attached hydrogens (tertiary/aromatic N) is 3. The largest absolute Gasteiger partial charge is 0.493 e. The highest BCUT2D eigenvalue weighted by atomic mass is 16.5.